The third-order valence-corrected chi connectivity index (χ3v) is 6.65. The maximum atomic E-state index is 5.19. The standard InChI is InChI=1S/C21H22N4OS2/c1-14(20-24-18-6-4-5-7-19(18)28-20)25(2)12-16-13-27-21(23-16)22-15-8-10-17(26-3)11-9-15/h4-11,13-14H,12H2,1-3H3,(H,22,23)/t14-/m0/s1. The van der Waals surface area contributed by atoms with Gasteiger partial charge in [0.05, 0.1) is 29.1 Å². The highest BCUT2D eigenvalue weighted by molar-refractivity contribution is 7.18. The van der Waals surface area contributed by atoms with E-state index in [9.17, 15) is 0 Å². The van der Waals surface area contributed by atoms with E-state index in [2.05, 4.69) is 47.8 Å². The average molecular weight is 411 g/mol. The fraction of sp³-hybridized carbons (Fsp3) is 0.238. The van der Waals surface area contributed by atoms with Gasteiger partial charge in [-0.3, -0.25) is 4.90 Å². The number of aromatic nitrogens is 2. The Hall–Kier alpha value is -2.48. The molecule has 0 bridgehead atoms. The lowest BCUT2D eigenvalue weighted by molar-refractivity contribution is 0.250. The summed E-state index contributed by atoms with van der Waals surface area (Å²) in [5.74, 6) is 0.843. The van der Waals surface area contributed by atoms with E-state index in [0.29, 0.717) is 0 Å². The van der Waals surface area contributed by atoms with Gasteiger partial charge in [0.1, 0.15) is 10.8 Å². The van der Waals surface area contributed by atoms with Crippen LogP contribution in [0.15, 0.2) is 53.9 Å². The summed E-state index contributed by atoms with van der Waals surface area (Å²) in [5.41, 5.74) is 3.12. The number of fused-ring (bicyclic) bond motifs is 1. The van der Waals surface area contributed by atoms with Gasteiger partial charge in [-0.1, -0.05) is 12.1 Å². The number of nitrogens with zero attached hydrogens (tertiary/aromatic N) is 3. The van der Waals surface area contributed by atoms with Crippen LogP contribution in [0.25, 0.3) is 10.2 Å². The quantitative estimate of drug-likeness (QED) is 0.424. The number of benzene rings is 2. The van der Waals surface area contributed by atoms with Gasteiger partial charge < -0.3 is 10.1 Å². The summed E-state index contributed by atoms with van der Waals surface area (Å²) in [7, 11) is 3.79. The molecule has 2 aromatic heterocycles. The van der Waals surface area contributed by atoms with Gasteiger partial charge in [-0.05, 0) is 50.4 Å². The molecule has 5 nitrogen and oxygen atoms in total. The first-order valence-electron chi connectivity index (χ1n) is 9.03. The van der Waals surface area contributed by atoms with E-state index < -0.39 is 0 Å². The Morgan fingerprint density at radius 3 is 2.64 bits per heavy atom. The van der Waals surface area contributed by atoms with Crippen molar-refractivity contribution >= 4 is 43.7 Å². The normalized spacial score (nSPS) is 12.4. The molecule has 0 aliphatic carbocycles. The number of thiazole rings is 2. The van der Waals surface area contributed by atoms with Crippen LogP contribution in [0.4, 0.5) is 10.8 Å². The van der Waals surface area contributed by atoms with Crippen molar-refractivity contribution in [1.82, 2.24) is 14.9 Å². The zero-order valence-electron chi connectivity index (χ0n) is 16.0. The largest absolute Gasteiger partial charge is 0.497 e. The summed E-state index contributed by atoms with van der Waals surface area (Å²) in [6.07, 6.45) is 0. The Labute approximate surface area is 172 Å². The number of methoxy groups -OCH3 is 1. The van der Waals surface area contributed by atoms with Gasteiger partial charge in [-0.2, -0.15) is 0 Å². The van der Waals surface area contributed by atoms with Crippen molar-refractivity contribution in [2.75, 3.05) is 19.5 Å². The number of rotatable bonds is 7. The van der Waals surface area contributed by atoms with E-state index in [0.717, 1.165) is 39.3 Å². The molecule has 7 heteroatoms. The molecule has 0 aliphatic heterocycles. The number of anilines is 2. The van der Waals surface area contributed by atoms with Gasteiger partial charge in [0, 0.05) is 17.6 Å². The highest BCUT2D eigenvalue weighted by Gasteiger charge is 2.17. The topological polar surface area (TPSA) is 50.3 Å². The number of hydrogen-bond acceptors (Lipinski definition) is 7. The Bertz CT molecular complexity index is 1020. The maximum Gasteiger partial charge on any atom is 0.187 e. The Morgan fingerprint density at radius 1 is 1.11 bits per heavy atom. The fourth-order valence-electron chi connectivity index (χ4n) is 2.88. The fourth-order valence-corrected chi connectivity index (χ4v) is 4.69. The molecule has 1 atom stereocenters. The summed E-state index contributed by atoms with van der Waals surface area (Å²) in [4.78, 5) is 11.8. The summed E-state index contributed by atoms with van der Waals surface area (Å²) in [6, 6.07) is 16.4. The van der Waals surface area contributed by atoms with Gasteiger partial charge >= 0.3 is 0 Å². The first-order chi connectivity index (χ1) is 13.6. The highest BCUT2D eigenvalue weighted by atomic mass is 32.1. The molecule has 0 amide bonds. The van der Waals surface area contributed by atoms with Crippen molar-refractivity contribution in [3.05, 3.63) is 64.6 Å². The molecular weight excluding hydrogens is 388 g/mol. The molecule has 0 saturated heterocycles. The summed E-state index contributed by atoms with van der Waals surface area (Å²) < 4.78 is 6.43. The summed E-state index contributed by atoms with van der Waals surface area (Å²) in [6.45, 7) is 2.97. The predicted octanol–water partition coefficient (Wildman–Crippen LogP) is 5.70. The smallest absolute Gasteiger partial charge is 0.187 e. The lowest BCUT2D eigenvalue weighted by atomic mass is 10.3. The van der Waals surface area contributed by atoms with Crippen LogP contribution >= 0.6 is 22.7 Å². The van der Waals surface area contributed by atoms with Crippen LogP contribution in [0.1, 0.15) is 23.7 Å². The van der Waals surface area contributed by atoms with E-state index >= 15 is 0 Å². The molecule has 0 spiro atoms. The predicted molar refractivity (Wildman–Crippen MR) is 118 cm³/mol. The summed E-state index contributed by atoms with van der Waals surface area (Å²) in [5, 5.41) is 7.48. The molecule has 1 N–H and O–H groups in total. The lowest BCUT2D eigenvalue weighted by Gasteiger charge is -2.21. The van der Waals surface area contributed by atoms with Gasteiger partial charge in [-0.15, -0.1) is 22.7 Å². The molecule has 4 rings (SSSR count). The minimum absolute atomic E-state index is 0.233. The molecule has 144 valence electrons. The molecule has 0 unspecified atom stereocenters. The van der Waals surface area contributed by atoms with Crippen molar-refractivity contribution in [2.45, 2.75) is 19.5 Å². The van der Waals surface area contributed by atoms with Crippen LogP contribution in [-0.4, -0.2) is 29.0 Å². The van der Waals surface area contributed by atoms with E-state index in [1.807, 2.05) is 30.3 Å². The van der Waals surface area contributed by atoms with Crippen molar-refractivity contribution in [2.24, 2.45) is 0 Å². The molecule has 28 heavy (non-hydrogen) atoms. The first kappa shape index (κ1) is 18.9. The van der Waals surface area contributed by atoms with Crippen LogP contribution in [0.5, 0.6) is 5.75 Å². The van der Waals surface area contributed by atoms with Crippen molar-refractivity contribution < 1.29 is 4.74 Å². The lowest BCUT2D eigenvalue weighted by Crippen LogP contribution is -2.22. The van der Waals surface area contributed by atoms with E-state index in [4.69, 9.17) is 14.7 Å². The van der Waals surface area contributed by atoms with Gasteiger partial charge in [0.15, 0.2) is 5.13 Å². The molecular formula is C21H22N4OS2. The third-order valence-electron chi connectivity index (χ3n) is 4.63. The Kier molecular flexibility index (Phi) is 5.57. The number of nitrogens with one attached hydrogen (secondary N) is 1. The Morgan fingerprint density at radius 2 is 1.89 bits per heavy atom. The van der Waals surface area contributed by atoms with Crippen molar-refractivity contribution in [1.29, 1.82) is 0 Å². The van der Waals surface area contributed by atoms with Crippen LogP contribution < -0.4 is 10.1 Å². The number of para-hydroxylation sites is 1. The van der Waals surface area contributed by atoms with E-state index in [1.54, 1.807) is 29.8 Å². The SMILES string of the molecule is COc1ccc(Nc2nc(CN(C)[C@@H](C)c3nc4ccccc4s3)cs2)cc1. The zero-order valence-corrected chi connectivity index (χ0v) is 17.7. The molecule has 0 aliphatic rings. The van der Waals surface area contributed by atoms with Crippen molar-refractivity contribution in [3.63, 3.8) is 0 Å². The monoisotopic (exact) mass is 410 g/mol. The van der Waals surface area contributed by atoms with Gasteiger partial charge in [-0.25, -0.2) is 9.97 Å². The summed E-state index contributed by atoms with van der Waals surface area (Å²) >= 11 is 3.38. The molecule has 4 aromatic rings. The zero-order chi connectivity index (χ0) is 19.5. The number of hydrogen-bond donors (Lipinski definition) is 1. The minimum atomic E-state index is 0.233. The Balaban J connectivity index is 1.40. The molecule has 0 fully saturated rings. The maximum absolute atomic E-state index is 5.19. The first-order valence-corrected chi connectivity index (χ1v) is 10.7. The average Bonchev–Trinajstić information content (AvgIpc) is 3.34. The van der Waals surface area contributed by atoms with Crippen molar-refractivity contribution in [3.8, 4) is 5.75 Å². The van der Waals surface area contributed by atoms with Gasteiger partial charge in [0.25, 0.3) is 0 Å². The molecule has 0 saturated carbocycles. The van der Waals surface area contributed by atoms with E-state index in [1.165, 1.54) is 4.70 Å². The van der Waals surface area contributed by atoms with Crippen LogP contribution in [-0.2, 0) is 6.54 Å². The number of ether oxygens (including phenoxy) is 1. The van der Waals surface area contributed by atoms with Crippen LogP contribution in [0, 0.1) is 0 Å². The van der Waals surface area contributed by atoms with E-state index in [-0.39, 0.29) is 6.04 Å². The minimum Gasteiger partial charge on any atom is -0.497 e. The second-order valence-corrected chi connectivity index (χ2v) is 8.53. The highest BCUT2D eigenvalue weighted by Crippen LogP contribution is 2.30. The molecule has 2 aromatic carbocycles. The van der Waals surface area contributed by atoms with Gasteiger partial charge in [0.2, 0.25) is 0 Å². The molecule has 0 radical (unpaired) electrons. The molecule has 2 heterocycles. The second-order valence-electron chi connectivity index (χ2n) is 6.61. The third kappa shape index (κ3) is 4.16. The second kappa shape index (κ2) is 8.26. The van der Waals surface area contributed by atoms with Crippen LogP contribution in [0.2, 0.25) is 0 Å². The van der Waals surface area contributed by atoms with Crippen LogP contribution in [0.3, 0.4) is 0 Å².